The van der Waals surface area contributed by atoms with Crippen molar-refractivity contribution >= 4 is 0 Å². The molecular weight excluding hydrogens is 154 g/mol. The highest BCUT2D eigenvalue weighted by Crippen LogP contribution is 2.44. The molecule has 1 aliphatic carbocycles. The number of nitrogens with two attached hydrogens (primary N) is 1. The van der Waals surface area contributed by atoms with Crippen LogP contribution < -0.4 is 5.73 Å². The first-order chi connectivity index (χ1) is 5.79. The zero-order valence-corrected chi connectivity index (χ0v) is 7.58. The first-order valence-corrected chi connectivity index (χ1v) is 4.81. The summed E-state index contributed by atoms with van der Waals surface area (Å²) in [7, 11) is 0. The quantitative estimate of drug-likeness (QED) is 0.664. The van der Waals surface area contributed by atoms with Crippen LogP contribution in [0, 0.1) is 0 Å². The second kappa shape index (κ2) is 2.98. The van der Waals surface area contributed by atoms with Crippen molar-refractivity contribution in [2.75, 3.05) is 13.2 Å². The Hall–Kier alpha value is -0.120. The number of hydrogen-bond acceptors (Lipinski definition) is 3. The van der Waals surface area contributed by atoms with Gasteiger partial charge in [0.25, 0.3) is 0 Å². The minimum atomic E-state index is -0.101. The lowest BCUT2D eigenvalue weighted by Gasteiger charge is -2.50. The van der Waals surface area contributed by atoms with Crippen molar-refractivity contribution in [3.63, 3.8) is 0 Å². The van der Waals surface area contributed by atoms with Crippen LogP contribution in [-0.2, 0) is 9.47 Å². The van der Waals surface area contributed by atoms with Crippen LogP contribution in [0.1, 0.15) is 26.2 Å². The Bertz CT molecular complexity index is 164. The maximum absolute atomic E-state index is 5.93. The number of ether oxygens (including phenoxy) is 2. The van der Waals surface area contributed by atoms with Gasteiger partial charge in [-0.1, -0.05) is 0 Å². The van der Waals surface area contributed by atoms with Gasteiger partial charge < -0.3 is 15.2 Å². The van der Waals surface area contributed by atoms with Gasteiger partial charge in [-0.3, -0.25) is 0 Å². The Balaban J connectivity index is 2.00. The van der Waals surface area contributed by atoms with Gasteiger partial charge in [0, 0.05) is 19.3 Å². The summed E-state index contributed by atoms with van der Waals surface area (Å²) in [5.41, 5.74) is 5.83. The lowest BCUT2D eigenvalue weighted by atomic mass is 9.70. The summed E-state index contributed by atoms with van der Waals surface area (Å²) in [6.45, 7) is 3.65. The molecule has 70 valence electrons. The summed E-state index contributed by atoms with van der Waals surface area (Å²) in [6, 6.07) is 0.205. The third-order valence-corrected chi connectivity index (χ3v) is 3.09. The third-order valence-electron chi connectivity index (χ3n) is 3.09. The predicted octanol–water partition coefficient (Wildman–Crippen LogP) is 0.672. The van der Waals surface area contributed by atoms with Crippen molar-refractivity contribution in [1.82, 2.24) is 0 Å². The predicted molar refractivity (Wildman–Crippen MR) is 45.9 cm³/mol. The first-order valence-electron chi connectivity index (χ1n) is 4.81. The van der Waals surface area contributed by atoms with Gasteiger partial charge >= 0.3 is 0 Å². The van der Waals surface area contributed by atoms with E-state index in [4.69, 9.17) is 15.2 Å². The number of hydrogen-bond donors (Lipinski definition) is 1. The van der Waals surface area contributed by atoms with E-state index in [1.807, 2.05) is 6.92 Å². The van der Waals surface area contributed by atoms with Gasteiger partial charge in [-0.25, -0.2) is 0 Å². The molecule has 2 fully saturated rings. The van der Waals surface area contributed by atoms with Gasteiger partial charge in [0.05, 0.1) is 6.10 Å². The van der Waals surface area contributed by atoms with Crippen molar-refractivity contribution in [1.29, 1.82) is 0 Å². The molecule has 1 heterocycles. The molecule has 0 unspecified atom stereocenters. The normalized spacial score (nSPS) is 46.5. The van der Waals surface area contributed by atoms with E-state index in [2.05, 4.69) is 0 Å². The van der Waals surface area contributed by atoms with E-state index in [0.29, 0.717) is 0 Å². The van der Waals surface area contributed by atoms with Gasteiger partial charge in [-0.05, 0) is 26.2 Å². The summed E-state index contributed by atoms with van der Waals surface area (Å²) >= 11 is 0. The van der Waals surface area contributed by atoms with Crippen molar-refractivity contribution < 1.29 is 9.47 Å². The molecule has 0 bridgehead atoms. The van der Waals surface area contributed by atoms with E-state index in [9.17, 15) is 0 Å². The molecule has 0 radical (unpaired) electrons. The smallest absolute Gasteiger partial charge is 0.109 e. The van der Waals surface area contributed by atoms with Gasteiger partial charge in [0.1, 0.15) is 5.60 Å². The topological polar surface area (TPSA) is 44.5 Å². The molecule has 1 saturated carbocycles. The van der Waals surface area contributed by atoms with E-state index >= 15 is 0 Å². The van der Waals surface area contributed by atoms with E-state index in [0.717, 1.165) is 32.5 Å². The summed E-state index contributed by atoms with van der Waals surface area (Å²) in [6.07, 6.45) is 3.45. The average molecular weight is 171 g/mol. The van der Waals surface area contributed by atoms with E-state index in [-0.39, 0.29) is 17.7 Å². The van der Waals surface area contributed by atoms with Crippen molar-refractivity contribution in [3.8, 4) is 0 Å². The van der Waals surface area contributed by atoms with Crippen LogP contribution >= 0.6 is 0 Å². The van der Waals surface area contributed by atoms with Crippen LogP contribution in [0.25, 0.3) is 0 Å². The fourth-order valence-corrected chi connectivity index (χ4v) is 2.35. The Morgan fingerprint density at radius 2 is 2.50 bits per heavy atom. The van der Waals surface area contributed by atoms with Crippen LogP contribution in [0.2, 0.25) is 0 Å². The zero-order chi connectivity index (χ0) is 8.60. The van der Waals surface area contributed by atoms with Crippen LogP contribution in [0.3, 0.4) is 0 Å². The molecule has 3 nitrogen and oxygen atoms in total. The van der Waals surface area contributed by atoms with Gasteiger partial charge in [-0.2, -0.15) is 0 Å². The maximum atomic E-state index is 5.93. The summed E-state index contributed by atoms with van der Waals surface area (Å²) in [5, 5.41) is 0. The molecule has 3 heteroatoms. The van der Waals surface area contributed by atoms with Crippen molar-refractivity contribution in [2.45, 2.75) is 43.9 Å². The van der Waals surface area contributed by atoms with E-state index < -0.39 is 0 Å². The molecule has 2 rings (SSSR count). The van der Waals surface area contributed by atoms with Crippen LogP contribution in [0.4, 0.5) is 0 Å². The fourth-order valence-electron chi connectivity index (χ4n) is 2.35. The van der Waals surface area contributed by atoms with Gasteiger partial charge in [-0.15, -0.1) is 0 Å². The molecule has 1 aliphatic heterocycles. The second-order valence-corrected chi connectivity index (χ2v) is 3.69. The highest BCUT2D eigenvalue weighted by Gasteiger charge is 2.56. The van der Waals surface area contributed by atoms with Gasteiger partial charge in [0.2, 0.25) is 0 Å². The zero-order valence-electron chi connectivity index (χ0n) is 7.58. The second-order valence-electron chi connectivity index (χ2n) is 3.69. The fraction of sp³-hybridized carbons (Fsp3) is 1.00. The Morgan fingerprint density at radius 3 is 3.00 bits per heavy atom. The lowest BCUT2D eigenvalue weighted by molar-refractivity contribution is -0.189. The monoisotopic (exact) mass is 171 g/mol. The molecular formula is C9H17NO2. The third kappa shape index (κ3) is 1.00. The molecule has 1 saturated heterocycles. The molecule has 2 N–H and O–H groups in total. The summed E-state index contributed by atoms with van der Waals surface area (Å²) in [4.78, 5) is 0. The van der Waals surface area contributed by atoms with Gasteiger partial charge in [0.15, 0.2) is 0 Å². The molecule has 1 spiro atoms. The maximum Gasteiger partial charge on any atom is 0.109 e. The van der Waals surface area contributed by atoms with Crippen molar-refractivity contribution in [3.05, 3.63) is 0 Å². The van der Waals surface area contributed by atoms with Crippen molar-refractivity contribution in [2.24, 2.45) is 5.73 Å². The molecule has 0 aromatic carbocycles. The Morgan fingerprint density at radius 1 is 1.67 bits per heavy atom. The number of rotatable bonds is 2. The minimum Gasteiger partial charge on any atom is -0.375 e. The van der Waals surface area contributed by atoms with E-state index in [1.165, 1.54) is 0 Å². The van der Waals surface area contributed by atoms with Crippen LogP contribution in [-0.4, -0.2) is 31.0 Å². The molecule has 0 aromatic heterocycles. The summed E-state index contributed by atoms with van der Waals surface area (Å²) in [5.74, 6) is 0. The standard InChI is InChI=1S/C9H17NO2/c1-2-11-8-6-7(10)9(8)4-3-5-12-9/h7-8H,2-6,10H2,1H3/t7-,8-,9+/m1/s1. The minimum absolute atomic E-state index is 0.101. The van der Waals surface area contributed by atoms with Crippen LogP contribution in [0.15, 0.2) is 0 Å². The summed E-state index contributed by atoms with van der Waals surface area (Å²) < 4.78 is 11.3. The molecule has 0 amide bonds. The highest BCUT2D eigenvalue weighted by molar-refractivity contribution is 5.11. The Labute approximate surface area is 73.2 Å². The first kappa shape index (κ1) is 8.48. The SMILES string of the molecule is CCO[C@@H]1C[C@@H](N)[C@@]12CCCO2. The molecule has 2 aliphatic rings. The lowest BCUT2D eigenvalue weighted by Crippen LogP contribution is -2.67. The Kier molecular flexibility index (Phi) is 2.10. The highest BCUT2D eigenvalue weighted by atomic mass is 16.6. The largest absolute Gasteiger partial charge is 0.375 e. The molecule has 3 atom stereocenters. The van der Waals surface area contributed by atoms with Crippen LogP contribution in [0.5, 0.6) is 0 Å². The average Bonchev–Trinajstić information content (AvgIpc) is 2.55. The molecule has 12 heavy (non-hydrogen) atoms. The van der Waals surface area contributed by atoms with E-state index in [1.54, 1.807) is 0 Å². The molecule has 0 aromatic rings.